The first kappa shape index (κ1) is 32.7. The van der Waals surface area contributed by atoms with Gasteiger partial charge in [0.25, 0.3) is 0 Å². The van der Waals surface area contributed by atoms with E-state index in [0.717, 1.165) is 24.3 Å². The van der Waals surface area contributed by atoms with Crippen LogP contribution in [0.5, 0.6) is 28.7 Å². The number of ether oxygens (including phenoxy) is 3. The Labute approximate surface area is 291 Å². The maximum Gasteiger partial charge on any atom is 0.246 e. The average molecular weight is 670 g/mol. The largest absolute Gasteiger partial charge is 0.497 e. The van der Waals surface area contributed by atoms with E-state index in [0.29, 0.717) is 71.1 Å². The fourth-order valence-corrected chi connectivity index (χ4v) is 6.12. The minimum Gasteiger partial charge on any atom is -0.497 e. The molecule has 2 aromatic heterocycles. The number of carbonyl (C=O) groups is 1. The number of fused-ring (bicyclic) bond motifs is 1. The van der Waals surface area contributed by atoms with Crippen LogP contribution in [0.15, 0.2) is 97.2 Å². The molecule has 11 heteroatoms. The van der Waals surface area contributed by atoms with Crippen molar-refractivity contribution in [3.8, 4) is 34.8 Å². The molecule has 50 heavy (non-hydrogen) atoms. The van der Waals surface area contributed by atoms with Crippen LogP contribution in [0.2, 0.25) is 0 Å². The molecular formula is C39H39N7O4. The number of likely N-dealkylation sites (N-methyl/N-ethyl adjacent to an activating group) is 1. The second-order valence-corrected chi connectivity index (χ2v) is 12.6. The Balaban J connectivity index is 1.15. The van der Waals surface area contributed by atoms with Crippen molar-refractivity contribution in [3.05, 3.63) is 108 Å². The predicted molar refractivity (Wildman–Crippen MR) is 191 cm³/mol. The van der Waals surface area contributed by atoms with Crippen LogP contribution in [0, 0.1) is 11.3 Å². The third-order valence-corrected chi connectivity index (χ3v) is 9.02. The Morgan fingerprint density at radius 1 is 1.00 bits per heavy atom. The quantitative estimate of drug-likeness (QED) is 0.138. The zero-order valence-electron chi connectivity index (χ0n) is 28.2. The van der Waals surface area contributed by atoms with Gasteiger partial charge in [-0.05, 0) is 68.3 Å². The van der Waals surface area contributed by atoms with Gasteiger partial charge in [0.15, 0.2) is 11.5 Å². The monoisotopic (exact) mass is 669 g/mol. The summed E-state index contributed by atoms with van der Waals surface area (Å²) >= 11 is 0. The summed E-state index contributed by atoms with van der Waals surface area (Å²) in [5, 5.41) is 19.3. The molecule has 0 radical (unpaired) electrons. The number of benzene rings is 3. The molecule has 3 aromatic carbocycles. The Bertz CT molecular complexity index is 2030. The van der Waals surface area contributed by atoms with Gasteiger partial charge in [-0.1, -0.05) is 36.4 Å². The van der Waals surface area contributed by atoms with Crippen molar-refractivity contribution < 1.29 is 19.0 Å². The van der Waals surface area contributed by atoms with Gasteiger partial charge in [-0.25, -0.2) is 9.67 Å². The highest BCUT2D eigenvalue weighted by Crippen LogP contribution is 2.37. The number of likely N-dealkylation sites (tertiary alicyclic amines) is 1. The van der Waals surface area contributed by atoms with Gasteiger partial charge >= 0.3 is 0 Å². The van der Waals surface area contributed by atoms with Crippen LogP contribution in [0.3, 0.4) is 0 Å². The third-order valence-electron chi connectivity index (χ3n) is 9.02. The second-order valence-electron chi connectivity index (χ2n) is 12.6. The van der Waals surface area contributed by atoms with Gasteiger partial charge in [0.05, 0.1) is 19.2 Å². The minimum absolute atomic E-state index is 0.0165. The second kappa shape index (κ2) is 14.7. The van der Waals surface area contributed by atoms with E-state index in [9.17, 15) is 10.1 Å². The molecule has 3 heterocycles. The lowest BCUT2D eigenvalue weighted by Gasteiger charge is -2.16. The third kappa shape index (κ3) is 7.56. The van der Waals surface area contributed by atoms with E-state index in [2.05, 4.69) is 23.3 Å². The van der Waals surface area contributed by atoms with Gasteiger partial charge in [0, 0.05) is 56.1 Å². The van der Waals surface area contributed by atoms with Crippen LogP contribution in [0.1, 0.15) is 30.4 Å². The van der Waals surface area contributed by atoms with E-state index in [4.69, 9.17) is 24.3 Å². The fraction of sp³-hybridized carbons (Fsp3) is 0.282. The molecule has 0 spiro atoms. The summed E-state index contributed by atoms with van der Waals surface area (Å²) < 4.78 is 19.6. The number of aromatic nitrogens is 3. The maximum atomic E-state index is 13.0. The molecule has 1 saturated carbocycles. The topological polar surface area (TPSA) is 118 Å². The van der Waals surface area contributed by atoms with Crippen molar-refractivity contribution in [1.29, 1.82) is 5.26 Å². The molecule has 1 saturated heterocycles. The van der Waals surface area contributed by atoms with Crippen LogP contribution < -0.4 is 19.5 Å². The highest BCUT2D eigenvalue weighted by Gasteiger charge is 2.28. The summed E-state index contributed by atoms with van der Waals surface area (Å²) in [5.74, 6) is 3.47. The van der Waals surface area contributed by atoms with E-state index in [1.54, 1.807) is 43.6 Å². The number of hydrogen-bond acceptors (Lipinski definition) is 9. The summed E-state index contributed by atoms with van der Waals surface area (Å²) in [4.78, 5) is 21.9. The van der Waals surface area contributed by atoms with Crippen molar-refractivity contribution in [3.63, 3.8) is 0 Å². The van der Waals surface area contributed by atoms with E-state index in [-0.39, 0.29) is 11.9 Å². The van der Waals surface area contributed by atoms with Crippen LogP contribution in [0.4, 0.5) is 5.82 Å². The summed E-state index contributed by atoms with van der Waals surface area (Å²) in [7, 11) is 3.74. The van der Waals surface area contributed by atoms with Gasteiger partial charge in [-0.15, -0.1) is 0 Å². The van der Waals surface area contributed by atoms with Crippen molar-refractivity contribution in [1.82, 2.24) is 24.6 Å². The summed E-state index contributed by atoms with van der Waals surface area (Å²) in [6.45, 7) is 2.43. The summed E-state index contributed by atoms with van der Waals surface area (Å²) in [6.07, 6.45) is 8.57. The normalized spacial score (nSPS) is 15.8. The van der Waals surface area contributed by atoms with Crippen molar-refractivity contribution >= 4 is 22.8 Å². The van der Waals surface area contributed by atoms with E-state index < -0.39 is 0 Å². The lowest BCUT2D eigenvalue weighted by Crippen LogP contribution is -2.30. The molecule has 1 aliphatic carbocycles. The first-order valence-corrected chi connectivity index (χ1v) is 16.8. The zero-order chi connectivity index (χ0) is 34.5. The Hall–Kier alpha value is -5.86. The molecule has 0 unspecified atom stereocenters. The maximum absolute atomic E-state index is 13.0. The Kier molecular flexibility index (Phi) is 9.62. The molecule has 254 valence electrons. The number of para-hydroxylation sites is 1. The number of amides is 1. The highest BCUT2D eigenvalue weighted by atomic mass is 16.5. The van der Waals surface area contributed by atoms with Gasteiger partial charge in [-0.3, -0.25) is 9.69 Å². The number of pyridine rings is 1. The van der Waals surface area contributed by atoms with Crippen LogP contribution in [-0.2, 0) is 11.3 Å². The molecular weight excluding hydrogens is 630 g/mol. The zero-order valence-corrected chi connectivity index (χ0v) is 28.2. The Morgan fingerprint density at radius 2 is 1.80 bits per heavy atom. The predicted octanol–water partition coefficient (Wildman–Crippen LogP) is 6.61. The molecule has 1 N–H and O–H groups in total. The minimum atomic E-state index is -0.0221. The molecule has 1 aliphatic heterocycles. The number of anilines is 1. The van der Waals surface area contributed by atoms with Gasteiger partial charge < -0.3 is 24.4 Å². The van der Waals surface area contributed by atoms with Gasteiger partial charge in [0.2, 0.25) is 5.91 Å². The number of nitrogens with one attached hydrogen (secondary N) is 1. The molecule has 0 bridgehead atoms. The first-order valence-electron chi connectivity index (χ1n) is 16.8. The van der Waals surface area contributed by atoms with E-state index in [1.165, 1.54) is 12.8 Å². The standard InChI is InChI=1S/C39H39N7O4/c1-44(30-12-13-30)21-6-9-36(47)45-22-19-29(26-45)42-38-37-35(18-20-41-39(37)46(43-38)25-27-10-14-31(48-2)15-11-27)50-34-17-16-33(23-28(34)24-40)49-32-7-4-3-5-8-32/h3-11,14-18,20,23,29-30H,12-13,19,21-22,25-26H2,1-2H3,(H,42,43)/t29-/m1/s1. The summed E-state index contributed by atoms with van der Waals surface area (Å²) in [6, 6.07) is 27.0. The number of carbonyl (C=O) groups excluding carboxylic acids is 1. The van der Waals surface area contributed by atoms with Gasteiger partial charge in [-0.2, -0.15) is 10.4 Å². The highest BCUT2D eigenvalue weighted by molar-refractivity contribution is 5.94. The van der Waals surface area contributed by atoms with E-state index in [1.807, 2.05) is 70.3 Å². The molecule has 5 aromatic rings. The molecule has 7 rings (SSSR count). The van der Waals surface area contributed by atoms with Gasteiger partial charge in [0.1, 0.15) is 40.2 Å². The Morgan fingerprint density at radius 3 is 2.56 bits per heavy atom. The molecule has 2 fully saturated rings. The number of rotatable bonds is 13. The van der Waals surface area contributed by atoms with Crippen LogP contribution in [0.25, 0.3) is 11.0 Å². The number of hydrogen-bond donors (Lipinski definition) is 1. The molecule has 11 nitrogen and oxygen atoms in total. The van der Waals surface area contributed by atoms with Crippen LogP contribution >= 0.6 is 0 Å². The molecule has 1 amide bonds. The van der Waals surface area contributed by atoms with Crippen molar-refractivity contribution in [2.24, 2.45) is 0 Å². The smallest absolute Gasteiger partial charge is 0.246 e. The summed E-state index contributed by atoms with van der Waals surface area (Å²) in [5.41, 5.74) is 1.97. The molecule has 1 atom stereocenters. The van der Waals surface area contributed by atoms with E-state index >= 15 is 0 Å². The number of methoxy groups -OCH3 is 1. The number of nitrogens with zero attached hydrogens (tertiary/aromatic N) is 6. The number of nitriles is 1. The first-order chi connectivity index (χ1) is 24.5. The lowest BCUT2D eigenvalue weighted by atomic mass is 10.2. The van der Waals surface area contributed by atoms with Crippen molar-refractivity contribution in [2.75, 3.05) is 39.1 Å². The van der Waals surface area contributed by atoms with Crippen molar-refractivity contribution in [2.45, 2.75) is 37.9 Å². The van der Waals surface area contributed by atoms with Crippen LogP contribution in [-0.4, -0.2) is 76.3 Å². The molecule has 2 aliphatic rings. The SMILES string of the molecule is COc1ccc(Cn2nc(N[C@@H]3CCN(C(=O)C=CCN(C)C4CC4)C3)c3c(Oc4ccc(Oc5ccccc5)cc4C#N)ccnc32)cc1. The fourth-order valence-electron chi connectivity index (χ4n) is 6.12. The lowest BCUT2D eigenvalue weighted by molar-refractivity contribution is -0.125. The average Bonchev–Trinajstić information content (AvgIpc) is 3.80.